The Bertz CT molecular complexity index is 1100. The number of carbonyl (C=O) groups excluding carboxylic acids is 1. The predicted octanol–water partition coefficient (Wildman–Crippen LogP) is 3.62. The van der Waals surface area contributed by atoms with Crippen molar-refractivity contribution in [2.45, 2.75) is 32.6 Å². The summed E-state index contributed by atoms with van der Waals surface area (Å²) in [5.41, 5.74) is 3.08. The Kier molecular flexibility index (Phi) is 13.6. The number of rotatable bonds is 13. The highest BCUT2D eigenvalue weighted by Gasteiger charge is 2.17. The molecule has 2 N–H and O–H groups in total. The topological polar surface area (TPSA) is 107 Å². The van der Waals surface area contributed by atoms with Gasteiger partial charge in [-0.3, -0.25) is 15.3 Å². The van der Waals surface area contributed by atoms with Gasteiger partial charge >= 0.3 is 13.2 Å². The van der Waals surface area contributed by atoms with Crippen molar-refractivity contribution in [1.29, 1.82) is 0 Å². The molecule has 1 aliphatic heterocycles. The number of nitrogens with one attached hydrogen (secondary N) is 2. The molecule has 9 nitrogen and oxygen atoms in total. The van der Waals surface area contributed by atoms with E-state index in [1.807, 2.05) is 19.2 Å². The van der Waals surface area contributed by atoms with Crippen LogP contribution in [0.1, 0.15) is 23.2 Å². The summed E-state index contributed by atoms with van der Waals surface area (Å²) in [5.74, 6) is -0.297. The number of aromatic nitrogens is 2. The van der Waals surface area contributed by atoms with Gasteiger partial charge in [0.05, 0.1) is 24.7 Å². The standard InChI is InChI=1S/C21H20F4N4O2.C4H9NO2/c1-26-12-16-3-2-13(11-28-16)8-15-4-5-17(30-20(22)23)10-18(29-15)14-6-7-27-19(9-14)31-21(24)25;1-7-4-5-2-3-6/h2-7,9,11,20-21,26H,8,10,12H2,1H3;3,5H,2,4H2,1H3. The Morgan fingerprint density at radius 2 is 1.87 bits per heavy atom. The number of hydrogen-bond acceptors (Lipinski definition) is 9. The summed E-state index contributed by atoms with van der Waals surface area (Å²) in [6, 6.07) is 6.60. The van der Waals surface area contributed by atoms with E-state index in [2.05, 4.69) is 39.8 Å². The van der Waals surface area contributed by atoms with E-state index in [9.17, 15) is 22.4 Å². The van der Waals surface area contributed by atoms with Crippen LogP contribution < -0.4 is 15.4 Å². The molecule has 3 rings (SSSR count). The quantitative estimate of drug-likeness (QED) is 0.172. The maximum atomic E-state index is 12.8. The number of ether oxygens (including phenoxy) is 3. The number of methoxy groups -OCH3 is 1. The van der Waals surface area contributed by atoms with E-state index in [0.717, 1.165) is 17.5 Å². The van der Waals surface area contributed by atoms with Gasteiger partial charge in [-0.2, -0.15) is 17.6 Å². The van der Waals surface area contributed by atoms with Crippen LogP contribution in [0.3, 0.4) is 0 Å². The molecule has 0 aromatic carbocycles. The summed E-state index contributed by atoms with van der Waals surface area (Å²) in [6.45, 7) is -4.59. The van der Waals surface area contributed by atoms with Gasteiger partial charge in [-0.1, -0.05) is 6.07 Å². The fraction of sp³-hybridized carbons (Fsp3) is 0.360. The molecule has 0 fully saturated rings. The number of aldehydes is 1. The number of carbonyl (C=O) groups is 1. The Labute approximate surface area is 217 Å². The van der Waals surface area contributed by atoms with Crippen molar-refractivity contribution < 1.29 is 36.6 Å². The Balaban J connectivity index is 0.000000638. The van der Waals surface area contributed by atoms with Gasteiger partial charge in [0, 0.05) is 56.2 Å². The second kappa shape index (κ2) is 16.9. The smallest absolute Gasteiger partial charge is 0.388 e. The van der Waals surface area contributed by atoms with Gasteiger partial charge in [-0.05, 0) is 36.9 Å². The highest BCUT2D eigenvalue weighted by molar-refractivity contribution is 6.02. The molecule has 0 saturated heterocycles. The lowest BCUT2D eigenvalue weighted by atomic mass is 10.1. The van der Waals surface area contributed by atoms with Gasteiger partial charge in [-0.25, -0.2) is 4.98 Å². The summed E-state index contributed by atoms with van der Waals surface area (Å²) in [5, 5.41) is 5.71. The third-order valence-corrected chi connectivity index (χ3v) is 4.70. The molecule has 0 atom stereocenters. The Hall–Kier alpha value is -3.68. The van der Waals surface area contributed by atoms with Gasteiger partial charge in [0.2, 0.25) is 5.88 Å². The minimum Gasteiger partial charge on any atom is -0.439 e. The molecular weight excluding hydrogens is 510 g/mol. The van der Waals surface area contributed by atoms with Crippen LogP contribution in [-0.4, -0.2) is 62.6 Å². The van der Waals surface area contributed by atoms with Crippen molar-refractivity contribution >= 4 is 12.0 Å². The summed E-state index contributed by atoms with van der Waals surface area (Å²) in [4.78, 5) is 22.2. The summed E-state index contributed by atoms with van der Waals surface area (Å²) < 4.78 is 64.1. The normalized spacial score (nSPS) is 13.1. The molecule has 0 aliphatic carbocycles. The Morgan fingerprint density at radius 3 is 2.50 bits per heavy atom. The third kappa shape index (κ3) is 11.6. The van der Waals surface area contributed by atoms with Crippen LogP contribution in [0.5, 0.6) is 5.88 Å². The van der Waals surface area contributed by atoms with Crippen molar-refractivity contribution in [1.82, 2.24) is 20.6 Å². The van der Waals surface area contributed by atoms with Crippen LogP contribution in [0.2, 0.25) is 0 Å². The lowest BCUT2D eigenvalue weighted by molar-refractivity contribution is -0.107. The Morgan fingerprint density at radius 1 is 1.08 bits per heavy atom. The average Bonchev–Trinajstić information content (AvgIpc) is 3.08. The maximum Gasteiger partial charge on any atom is 0.388 e. The van der Waals surface area contributed by atoms with Crippen molar-refractivity contribution in [3.05, 3.63) is 77.1 Å². The van der Waals surface area contributed by atoms with Crippen LogP contribution in [0, 0.1) is 0 Å². The molecule has 206 valence electrons. The van der Waals surface area contributed by atoms with E-state index in [1.54, 1.807) is 19.4 Å². The lowest BCUT2D eigenvalue weighted by Crippen LogP contribution is -2.18. The van der Waals surface area contributed by atoms with E-state index in [1.165, 1.54) is 24.4 Å². The number of pyridine rings is 2. The molecule has 38 heavy (non-hydrogen) atoms. The molecule has 1 aliphatic rings. The van der Waals surface area contributed by atoms with E-state index >= 15 is 0 Å². The average molecular weight is 540 g/mol. The van der Waals surface area contributed by atoms with Crippen molar-refractivity contribution in [2.24, 2.45) is 4.99 Å². The maximum absolute atomic E-state index is 12.8. The number of allylic oxidation sites excluding steroid dienone is 4. The number of halogens is 4. The highest BCUT2D eigenvalue weighted by atomic mass is 19.3. The van der Waals surface area contributed by atoms with Crippen LogP contribution in [-0.2, 0) is 27.2 Å². The van der Waals surface area contributed by atoms with E-state index in [-0.39, 0.29) is 18.1 Å². The SMILES string of the molecule is CNCc1ccc(CC2=CC=C(OC(F)F)CC(c3ccnc(OC(F)F)c3)=N2)cn1.COCNCC=O. The summed E-state index contributed by atoms with van der Waals surface area (Å²) in [6.07, 6.45) is 7.14. The second-order valence-electron chi connectivity index (χ2n) is 7.58. The van der Waals surface area contributed by atoms with Crippen molar-refractivity contribution in [2.75, 3.05) is 27.4 Å². The van der Waals surface area contributed by atoms with E-state index in [0.29, 0.717) is 43.2 Å². The molecule has 0 bridgehead atoms. The van der Waals surface area contributed by atoms with Gasteiger partial charge in [-0.15, -0.1) is 0 Å². The lowest BCUT2D eigenvalue weighted by Gasteiger charge is -2.11. The molecule has 13 heteroatoms. The molecule has 0 saturated carbocycles. The van der Waals surface area contributed by atoms with E-state index in [4.69, 9.17) is 0 Å². The van der Waals surface area contributed by atoms with Crippen molar-refractivity contribution in [3.63, 3.8) is 0 Å². The van der Waals surface area contributed by atoms with Crippen LogP contribution in [0.25, 0.3) is 0 Å². The first kappa shape index (κ1) is 30.5. The molecule has 2 aromatic heterocycles. The monoisotopic (exact) mass is 539 g/mol. The van der Waals surface area contributed by atoms with Crippen LogP contribution in [0.15, 0.2) is 65.3 Å². The predicted molar refractivity (Wildman–Crippen MR) is 132 cm³/mol. The second-order valence-corrected chi connectivity index (χ2v) is 7.58. The molecule has 2 aromatic rings. The van der Waals surface area contributed by atoms with Gasteiger partial charge < -0.3 is 24.3 Å². The van der Waals surface area contributed by atoms with Gasteiger partial charge in [0.25, 0.3) is 0 Å². The number of hydrogen-bond donors (Lipinski definition) is 2. The van der Waals surface area contributed by atoms with Crippen LogP contribution >= 0.6 is 0 Å². The number of nitrogens with zero attached hydrogens (tertiary/aromatic N) is 3. The zero-order valence-corrected chi connectivity index (χ0v) is 20.9. The van der Waals surface area contributed by atoms with Gasteiger partial charge in [0.1, 0.15) is 12.0 Å². The molecular formula is C25H29F4N5O4. The first-order valence-corrected chi connectivity index (χ1v) is 11.4. The van der Waals surface area contributed by atoms with E-state index < -0.39 is 13.2 Å². The molecule has 0 radical (unpaired) electrons. The molecule has 3 heterocycles. The van der Waals surface area contributed by atoms with Crippen molar-refractivity contribution in [3.8, 4) is 5.88 Å². The summed E-state index contributed by atoms with van der Waals surface area (Å²) in [7, 11) is 3.39. The first-order chi connectivity index (χ1) is 18.3. The number of aliphatic imine (C=N–C) groups is 1. The highest BCUT2D eigenvalue weighted by Crippen LogP contribution is 2.23. The third-order valence-electron chi connectivity index (χ3n) is 4.70. The minimum atomic E-state index is -3.04. The fourth-order valence-electron chi connectivity index (χ4n) is 3.14. The molecule has 0 unspecified atom stereocenters. The fourth-order valence-corrected chi connectivity index (χ4v) is 3.14. The molecule has 0 amide bonds. The summed E-state index contributed by atoms with van der Waals surface area (Å²) >= 11 is 0. The van der Waals surface area contributed by atoms with Crippen LogP contribution in [0.4, 0.5) is 17.6 Å². The molecule has 0 spiro atoms. The zero-order chi connectivity index (χ0) is 27.8. The number of alkyl halides is 4. The first-order valence-electron chi connectivity index (χ1n) is 11.4. The van der Waals surface area contributed by atoms with Gasteiger partial charge in [0.15, 0.2) is 0 Å². The minimum absolute atomic E-state index is 0.000571. The zero-order valence-electron chi connectivity index (χ0n) is 20.9. The largest absolute Gasteiger partial charge is 0.439 e.